The Morgan fingerprint density at radius 2 is 1.32 bits per heavy atom. The Hall–Kier alpha value is -3.49. The first-order valence-corrected chi connectivity index (χ1v) is 11.6. The van der Waals surface area contributed by atoms with Gasteiger partial charge in [-0.3, -0.25) is 0 Å². The van der Waals surface area contributed by atoms with Gasteiger partial charge in [-0.15, -0.1) is 6.58 Å². The number of halogens is 7. The van der Waals surface area contributed by atoms with Gasteiger partial charge in [0.15, 0.2) is 17.5 Å². The third kappa shape index (κ3) is 6.09. The smallest absolute Gasteiger partial charge is 0.432 e. The van der Waals surface area contributed by atoms with Crippen molar-refractivity contribution in [2.24, 2.45) is 11.8 Å². The van der Waals surface area contributed by atoms with Gasteiger partial charge in [0.25, 0.3) is 0 Å². The zero-order valence-electron chi connectivity index (χ0n) is 19.6. The monoisotopic (exact) mass is 524 g/mol. The summed E-state index contributed by atoms with van der Waals surface area (Å²) in [4.78, 5) is 0. The SMILES string of the molecule is C=CC1CCC(COc2ccc(-c3cc(F)c(C(F)(F)Oc4cc(F)c(F)c(F)c4)c(F)c3)cc2)CC1. The summed E-state index contributed by atoms with van der Waals surface area (Å²) in [6, 6.07) is 7.98. The van der Waals surface area contributed by atoms with Crippen molar-refractivity contribution in [1.29, 1.82) is 0 Å². The summed E-state index contributed by atoms with van der Waals surface area (Å²) in [5.41, 5.74) is -1.44. The number of ether oxygens (including phenoxy) is 2. The van der Waals surface area contributed by atoms with Gasteiger partial charge in [-0.05, 0) is 72.9 Å². The second-order valence-electron chi connectivity index (χ2n) is 8.99. The molecule has 1 fully saturated rings. The van der Waals surface area contributed by atoms with E-state index < -0.39 is 46.5 Å². The summed E-state index contributed by atoms with van der Waals surface area (Å²) in [5.74, 6) is -8.38. The molecule has 1 aliphatic rings. The molecule has 1 saturated carbocycles. The zero-order chi connectivity index (χ0) is 26.7. The quantitative estimate of drug-likeness (QED) is 0.167. The van der Waals surface area contributed by atoms with Crippen LogP contribution < -0.4 is 9.47 Å². The summed E-state index contributed by atoms with van der Waals surface area (Å²) in [7, 11) is 0. The second-order valence-corrected chi connectivity index (χ2v) is 8.99. The normalized spacial score (nSPS) is 17.9. The van der Waals surface area contributed by atoms with Crippen LogP contribution in [0.4, 0.5) is 30.7 Å². The Kier molecular flexibility index (Phi) is 7.80. The minimum Gasteiger partial charge on any atom is -0.493 e. The van der Waals surface area contributed by atoms with Crippen LogP contribution in [0.3, 0.4) is 0 Å². The van der Waals surface area contributed by atoms with E-state index in [1.54, 1.807) is 12.1 Å². The van der Waals surface area contributed by atoms with E-state index in [-0.39, 0.29) is 17.7 Å². The summed E-state index contributed by atoms with van der Waals surface area (Å²) < 4.78 is 108. The molecule has 196 valence electrons. The first-order chi connectivity index (χ1) is 17.6. The summed E-state index contributed by atoms with van der Waals surface area (Å²) in [6.45, 7) is 4.37. The lowest BCUT2D eigenvalue weighted by atomic mass is 9.82. The molecule has 1 aliphatic carbocycles. The van der Waals surface area contributed by atoms with E-state index in [0.29, 0.717) is 41.9 Å². The van der Waals surface area contributed by atoms with Gasteiger partial charge in [0, 0.05) is 12.1 Å². The number of hydrogen-bond donors (Lipinski definition) is 0. The maximum Gasteiger partial charge on any atom is 0.432 e. The Balaban J connectivity index is 1.46. The number of rotatable bonds is 8. The molecule has 3 aromatic carbocycles. The molecule has 37 heavy (non-hydrogen) atoms. The van der Waals surface area contributed by atoms with E-state index in [4.69, 9.17) is 4.74 Å². The minimum absolute atomic E-state index is 0.0253. The van der Waals surface area contributed by atoms with E-state index in [9.17, 15) is 30.7 Å². The van der Waals surface area contributed by atoms with Crippen LogP contribution in [0.1, 0.15) is 31.2 Å². The van der Waals surface area contributed by atoms with Crippen LogP contribution in [-0.4, -0.2) is 6.61 Å². The molecule has 3 aromatic rings. The van der Waals surface area contributed by atoms with Gasteiger partial charge < -0.3 is 9.47 Å². The lowest BCUT2D eigenvalue weighted by molar-refractivity contribution is -0.189. The summed E-state index contributed by atoms with van der Waals surface area (Å²) in [5, 5.41) is 0. The van der Waals surface area contributed by atoms with E-state index in [1.807, 2.05) is 6.08 Å². The standard InChI is InChI=1S/C28H23F7O2/c1-2-16-3-5-17(6-4-16)15-36-20-9-7-18(8-10-20)19-11-22(29)26(23(30)12-19)28(34,35)37-21-13-24(31)27(33)25(32)14-21/h2,7-14,16-17H,1,3-6,15H2. The second kappa shape index (κ2) is 10.9. The highest BCUT2D eigenvalue weighted by molar-refractivity contribution is 5.65. The lowest BCUT2D eigenvalue weighted by Gasteiger charge is -2.26. The van der Waals surface area contributed by atoms with Crippen LogP contribution in [0, 0.1) is 40.9 Å². The average Bonchev–Trinajstić information content (AvgIpc) is 2.85. The van der Waals surface area contributed by atoms with Crippen molar-refractivity contribution in [3.63, 3.8) is 0 Å². The molecule has 0 bridgehead atoms. The zero-order valence-corrected chi connectivity index (χ0v) is 19.6. The van der Waals surface area contributed by atoms with E-state index in [2.05, 4.69) is 11.3 Å². The third-order valence-electron chi connectivity index (χ3n) is 6.43. The van der Waals surface area contributed by atoms with Gasteiger partial charge in [-0.2, -0.15) is 8.78 Å². The fraction of sp³-hybridized carbons (Fsp3) is 0.286. The van der Waals surface area contributed by atoms with Gasteiger partial charge in [0.05, 0.1) is 6.61 Å². The highest BCUT2D eigenvalue weighted by Crippen LogP contribution is 2.38. The van der Waals surface area contributed by atoms with E-state index in [0.717, 1.165) is 25.7 Å². The lowest BCUT2D eigenvalue weighted by Crippen LogP contribution is -2.25. The van der Waals surface area contributed by atoms with Crippen LogP contribution in [0.2, 0.25) is 0 Å². The van der Waals surface area contributed by atoms with Crippen LogP contribution in [-0.2, 0) is 6.11 Å². The molecular formula is C28H23F7O2. The molecule has 0 amide bonds. The topological polar surface area (TPSA) is 18.5 Å². The molecule has 0 N–H and O–H groups in total. The Bertz CT molecular complexity index is 1220. The first-order valence-electron chi connectivity index (χ1n) is 11.6. The van der Waals surface area contributed by atoms with Gasteiger partial charge in [-0.25, -0.2) is 22.0 Å². The molecule has 0 atom stereocenters. The van der Waals surface area contributed by atoms with E-state index >= 15 is 0 Å². The van der Waals surface area contributed by atoms with Crippen molar-refractivity contribution in [3.05, 3.63) is 95.8 Å². The first kappa shape index (κ1) is 26.6. The molecule has 0 aromatic heterocycles. The molecule has 0 saturated heterocycles. The van der Waals surface area contributed by atoms with Crippen LogP contribution in [0.25, 0.3) is 11.1 Å². The number of allylic oxidation sites excluding steroid dienone is 1. The molecule has 0 spiro atoms. The predicted octanol–water partition coefficient (Wildman–Crippen LogP) is 8.55. The fourth-order valence-corrected chi connectivity index (χ4v) is 4.36. The molecule has 0 unspecified atom stereocenters. The molecule has 0 radical (unpaired) electrons. The van der Waals surface area contributed by atoms with E-state index in [1.165, 1.54) is 12.1 Å². The third-order valence-corrected chi connectivity index (χ3v) is 6.43. The van der Waals surface area contributed by atoms with Crippen LogP contribution in [0.15, 0.2) is 61.2 Å². The maximum atomic E-state index is 14.6. The highest BCUT2D eigenvalue weighted by atomic mass is 19.3. The number of alkyl halides is 2. The number of hydrogen-bond acceptors (Lipinski definition) is 2. The molecule has 4 rings (SSSR count). The van der Waals surface area contributed by atoms with Crippen molar-refractivity contribution < 1.29 is 40.2 Å². The largest absolute Gasteiger partial charge is 0.493 e. The van der Waals surface area contributed by atoms with Gasteiger partial charge in [0.2, 0.25) is 0 Å². The molecular weight excluding hydrogens is 501 g/mol. The number of benzene rings is 3. The van der Waals surface area contributed by atoms with Crippen LogP contribution >= 0.6 is 0 Å². The highest BCUT2D eigenvalue weighted by Gasteiger charge is 2.41. The van der Waals surface area contributed by atoms with Gasteiger partial charge >= 0.3 is 6.11 Å². The van der Waals surface area contributed by atoms with Gasteiger partial charge in [-0.1, -0.05) is 18.2 Å². The Morgan fingerprint density at radius 3 is 1.86 bits per heavy atom. The van der Waals surface area contributed by atoms with Crippen LogP contribution in [0.5, 0.6) is 11.5 Å². The fourth-order valence-electron chi connectivity index (χ4n) is 4.36. The summed E-state index contributed by atoms with van der Waals surface area (Å²) in [6.07, 6.45) is 1.57. The predicted molar refractivity (Wildman–Crippen MR) is 124 cm³/mol. The Morgan fingerprint density at radius 1 is 0.757 bits per heavy atom. The van der Waals surface area contributed by atoms with Crippen molar-refractivity contribution >= 4 is 0 Å². The molecule has 2 nitrogen and oxygen atoms in total. The average molecular weight is 524 g/mol. The summed E-state index contributed by atoms with van der Waals surface area (Å²) >= 11 is 0. The van der Waals surface area contributed by atoms with Crippen molar-refractivity contribution in [1.82, 2.24) is 0 Å². The molecule has 9 heteroatoms. The van der Waals surface area contributed by atoms with Gasteiger partial charge in [0.1, 0.15) is 28.7 Å². The van der Waals surface area contributed by atoms with Crippen molar-refractivity contribution in [2.45, 2.75) is 31.8 Å². The van der Waals surface area contributed by atoms with Crippen molar-refractivity contribution in [2.75, 3.05) is 6.61 Å². The Labute approximate surface area is 209 Å². The minimum atomic E-state index is -4.65. The van der Waals surface area contributed by atoms with Crippen molar-refractivity contribution in [3.8, 4) is 22.6 Å². The molecule has 0 heterocycles. The molecule has 0 aliphatic heterocycles. The maximum absolute atomic E-state index is 14.6.